The van der Waals surface area contributed by atoms with Gasteiger partial charge in [0.2, 0.25) is 16.0 Å². The van der Waals surface area contributed by atoms with Gasteiger partial charge in [-0.3, -0.25) is 0 Å². The molecule has 3 N–H and O–H groups in total. The highest BCUT2D eigenvalue weighted by Gasteiger charge is 2.15. The lowest BCUT2D eigenvalue weighted by molar-refractivity contribution is 0.579. The van der Waals surface area contributed by atoms with Crippen molar-refractivity contribution in [1.82, 2.24) is 24.7 Å². The first-order valence-corrected chi connectivity index (χ1v) is 6.81. The monoisotopic (exact) mass is 280 g/mol. The van der Waals surface area contributed by atoms with E-state index in [2.05, 4.69) is 24.7 Å². The molecule has 2 rings (SSSR count). The Labute approximate surface area is 110 Å². The molecule has 0 unspecified atom stereocenters. The van der Waals surface area contributed by atoms with E-state index >= 15 is 0 Å². The van der Waals surface area contributed by atoms with E-state index in [4.69, 9.17) is 5.73 Å². The molecule has 0 aliphatic carbocycles. The van der Waals surface area contributed by atoms with Crippen molar-refractivity contribution >= 4 is 16.0 Å². The highest BCUT2D eigenvalue weighted by molar-refractivity contribution is 7.89. The van der Waals surface area contributed by atoms with E-state index in [1.54, 1.807) is 19.2 Å². The average Bonchev–Trinajstić information content (AvgIpc) is 2.37. The maximum Gasteiger partial charge on any atom is 0.243 e. The van der Waals surface area contributed by atoms with Crippen LogP contribution in [0.2, 0.25) is 0 Å². The Kier molecular flexibility index (Phi) is 3.67. The fraction of sp³-hybridized carbons (Fsp3) is 0.200. The van der Waals surface area contributed by atoms with Gasteiger partial charge in [0.05, 0.1) is 24.6 Å². The van der Waals surface area contributed by atoms with E-state index in [9.17, 15) is 8.42 Å². The number of sulfonamides is 1. The van der Waals surface area contributed by atoms with Crippen molar-refractivity contribution in [3.8, 4) is 0 Å². The van der Waals surface area contributed by atoms with Gasteiger partial charge in [-0.1, -0.05) is 0 Å². The predicted octanol–water partition coefficient (Wildman–Crippen LogP) is -0.364. The fourth-order valence-corrected chi connectivity index (χ4v) is 2.21. The van der Waals surface area contributed by atoms with Crippen molar-refractivity contribution in [1.29, 1.82) is 0 Å². The van der Waals surface area contributed by atoms with E-state index in [0.29, 0.717) is 11.5 Å². The second-order valence-electron chi connectivity index (χ2n) is 3.70. The Morgan fingerprint density at radius 2 is 1.95 bits per heavy atom. The molecule has 0 radical (unpaired) electrons. The number of nitrogens with zero attached hydrogens (tertiary/aromatic N) is 4. The molecule has 0 amide bonds. The van der Waals surface area contributed by atoms with Gasteiger partial charge in [0, 0.05) is 6.20 Å². The van der Waals surface area contributed by atoms with Crippen LogP contribution in [0.5, 0.6) is 0 Å². The van der Waals surface area contributed by atoms with Crippen LogP contribution in [0.4, 0.5) is 5.95 Å². The first-order chi connectivity index (χ1) is 8.97. The van der Waals surface area contributed by atoms with Crippen LogP contribution in [-0.2, 0) is 16.6 Å². The summed E-state index contributed by atoms with van der Waals surface area (Å²) in [4.78, 5) is 15.2. The SMILES string of the molecule is Cc1nccc(CNS(=O)(=O)c2cnc(N)nc2)n1. The molecule has 0 spiro atoms. The third kappa shape index (κ3) is 3.42. The standard InChI is InChI=1S/C10H12N6O2S/c1-7-12-3-2-8(16-7)4-15-19(17,18)9-5-13-10(11)14-6-9/h2-3,5-6,15H,4H2,1H3,(H2,11,13,14). The largest absolute Gasteiger partial charge is 0.368 e. The zero-order valence-electron chi connectivity index (χ0n) is 10.1. The third-order valence-corrected chi connectivity index (χ3v) is 3.59. The summed E-state index contributed by atoms with van der Waals surface area (Å²) < 4.78 is 26.3. The summed E-state index contributed by atoms with van der Waals surface area (Å²) >= 11 is 0. The van der Waals surface area contributed by atoms with Gasteiger partial charge in [-0.2, -0.15) is 0 Å². The number of nitrogens with two attached hydrogens (primary N) is 1. The molecule has 0 aliphatic heterocycles. The molecule has 0 aromatic carbocycles. The lowest BCUT2D eigenvalue weighted by atomic mass is 10.4. The molecule has 2 heterocycles. The molecule has 0 saturated carbocycles. The summed E-state index contributed by atoms with van der Waals surface area (Å²) in [6.07, 6.45) is 3.87. The van der Waals surface area contributed by atoms with Gasteiger partial charge in [-0.05, 0) is 13.0 Å². The van der Waals surface area contributed by atoms with Gasteiger partial charge in [0.25, 0.3) is 0 Å². The van der Waals surface area contributed by atoms with Crippen molar-refractivity contribution in [3.63, 3.8) is 0 Å². The summed E-state index contributed by atoms with van der Waals surface area (Å²) in [6.45, 7) is 1.79. The zero-order chi connectivity index (χ0) is 13.9. The topological polar surface area (TPSA) is 124 Å². The summed E-state index contributed by atoms with van der Waals surface area (Å²) in [7, 11) is -3.68. The van der Waals surface area contributed by atoms with Crippen molar-refractivity contribution in [2.75, 3.05) is 5.73 Å². The van der Waals surface area contributed by atoms with Crippen LogP contribution in [-0.4, -0.2) is 28.4 Å². The van der Waals surface area contributed by atoms with Crippen LogP contribution in [0.3, 0.4) is 0 Å². The normalized spacial score (nSPS) is 11.4. The molecule has 100 valence electrons. The molecule has 0 bridgehead atoms. The number of rotatable bonds is 4. The number of anilines is 1. The minimum atomic E-state index is -3.68. The first kappa shape index (κ1) is 13.3. The van der Waals surface area contributed by atoms with Crippen molar-refractivity contribution < 1.29 is 8.42 Å². The second-order valence-corrected chi connectivity index (χ2v) is 5.46. The lowest BCUT2D eigenvalue weighted by Gasteiger charge is -2.06. The Morgan fingerprint density at radius 3 is 2.58 bits per heavy atom. The second kappa shape index (κ2) is 5.24. The van der Waals surface area contributed by atoms with Crippen LogP contribution < -0.4 is 10.5 Å². The van der Waals surface area contributed by atoms with E-state index < -0.39 is 10.0 Å². The molecule has 0 atom stereocenters. The molecular weight excluding hydrogens is 268 g/mol. The molecule has 0 saturated heterocycles. The Hall–Kier alpha value is -2.13. The quantitative estimate of drug-likeness (QED) is 0.783. The number of nitrogens with one attached hydrogen (secondary N) is 1. The van der Waals surface area contributed by atoms with Crippen LogP contribution in [0.1, 0.15) is 11.5 Å². The zero-order valence-corrected chi connectivity index (χ0v) is 10.9. The molecule has 8 nitrogen and oxygen atoms in total. The summed E-state index contributed by atoms with van der Waals surface area (Å²) in [5, 5.41) is 0. The fourth-order valence-electron chi connectivity index (χ4n) is 1.32. The van der Waals surface area contributed by atoms with Crippen molar-refractivity contribution in [2.45, 2.75) is 18.4 Å². The number of aryl methyl sites for hydroxylation is 1. The minimum Gasteiger partial charge on any atom is -0.368 e. The van der Waals surface area contributed by atoms with Crippen molar-refractivity contribution in [3.05, 3.63) is 36.2 Å². The average molecular weight is 280 g/mol. The van der Waals surface area contributed by atoms with Crippen LogP contribution in [0, 0.1) is 6.92 Å². The van der Waals surface area contributed by atoms with Crippen LogP contribution in [0.15, 0.2) is 29.6 Å². The number of hydrogen-bond donors (Lipinski definition) is 2. The summed E-state index contributed by atoms with van der Waals surface area (Å²) in [5.74, 6) is 0.595. The molecule has 0 fully saturated rings. The molecule has 2 aromatic heterocycles. The van der Waals surface area contributed by atoms with Gasteiger partial charge >= 0.3 is 0 Å². The predicted molar refractivity (Wildman–Crippen MR) is 67.2 cm³/mol. The van der Waals surface area contributed by atoms with Gasteiger partial charge in [0.15, 0.2) is 0 Å². The number of hydrogen-bond acceptors (Lipinski definition) is 7. The number of nitrogen functional groups attached to an aromatic ring is 1. The third-order valence-electron chi connectivity index (χ3n) is 2.24. The highest BCUT2D eigenvalue weighted by atomic mass is 32.2. The maximum absolute atomic E-state index is 11.9. The molecular formula is C10H12N6O2S. The van der Waals surface area contributed by atoms with E-state index in [1.165, 1.54) is 0 Å². The van der Waals surface area contributed by atoms with Gasteiger partial charge in [-0.15, -0.1) is 0 Å². The summed E-state index contributed by atoms with van der Waals surface area (Å²) in [5.41, 5.74) is 5.87. The first-order valence-electron chi connectivity index (χ1n) is 5.33. The molecule has 9 heteroatoms. The van der Waals surface area contributed by atoms with Gasteiger partial charge < -0.3 is 5.73 Å². The van der Waals surface area contributed by atoms with Gasteiger partial charge in [-0.25, -0.2) is 33.1 Å². The Bertz CT molecular complexity index is 671. The Morgan fingerprint density at radius 1 is 1.26 bits per heavy atom. The maximum atomic E-state index is 11.9. The van der Waals surface area contributed by atoms with Crippen LogP contribution in [0.25, 0.3) is 0 Å². The van der Waals surface area contributed by atoms with E-state index in [0.717, 1.165) is 12.4 Å². The Balaban J connectivity index is 2.12. The minimum absolute atomic E-state index is 0.0189. The smallest absolute Gasteiger partial charge is 0.243 e. The summed E-state index contributed by atoms with van der Waals surface area (Å²) in [6, 6.07) is 1.63. The molecule has 0 aliphatic rings. The number of aromatic nitrogens is 4. The highest BCUT2D eigenvalue weighted by Crippen LogP contribution is 2.06. The van der Waals surface area contributed by atoms with E-state index in [-0.39, 0.29) is 17.4 Å². The lowest BCUT2D eigenvalue weighted by Crippen LogP contribution is -2.24. The van der Waals surface area contributed by atoms with Crippen LogP contribution >= 0.6 is 0 Å². The van der Waals surface area contributed by atoms with E-state index in [1.807, 2.05) is 0 Å². The molecule has 19 heavy (non-hydrogen) atoms. The molecule has 2 aromatic rings. The van der Waals surface area contributed by atoms with Crippen molar-refractivity contribution in [2.24, 2.45) is 0 Å². The van der Waals surface area contributed by atoms with Gasteiger partial charge in [0.1, 0.15) is 10.7 Å².